The topological polar surface area (TPSA) is 409 Å². The Bertz CT molecular complexity index is 4060. The second kappa shape index (κ2) is 37.6. The lowest BCUT2D eigenvalue weighted by Gasteiger charge is -2.26. The van der Waals surface area contributed by atoms with Crippen molar-refractivity contribution in [3.8, 4) is 11.5 Å². The van der Waals surface area contributed by atoms with Crippen LogP contribution in [0.15, 0.2) is 103 Å². The first-order chi connectivity index (χ1) is 49.4. The van der Waals surface area contributed by atoms with E-state index in [-0.39, 0.29) is 127 Å². The number of pyridine rings is 1. The van der Waals surface area contributed by atoms with Gasteiger partial charge < -0.3 is 91.5 Å². The number of alkyl halides is 1. The number of carbonyl (C=O) groups is 11. The minimum atomic E-state index is -1.17. The number of hydrogen-bond acceptors (Lipinski definition) is 18. The molecule has 11 N–H and O–H groups in total. The highest BCUT2D eigenvalue weighted by molar-refractivity contribution is 6.20. The number of imide groups is 1. The lowest BCUT2D eigenvalue weighted by Crippen LogP contribution is -2.54. The Morgan fingerprint density at radius 1 is 0.777 bits per heavy atom. The van der Waals surface area contributed by atoms with E-state index in [0.29, 0.717) is 57.8 Å². The van der Waals surface area contributed by atoms with Gasteiger partial charge in [-0.1, -0.05) is 51.1 Å². The summed E-state index contributed by atoms with van der Waals surface area (Å²) in [4.78, 5) is 156. The molecule has 0 radical (unpaired) electrons. The predicted octanol–water partition coefficient (Wildman–Crippen LogP) is 7.15. The molecule has 4 heterocycles. The van der Waals surface area contributed by atoms with Crippen molar-refractivity contribution in [3.63, 3.8) is 0 Å². The van der Waals surface area contributed by atoms with Gasteiger partial charge in [0, 0.05) is 98.4 Å². The van der Waals surface area contributed by atoms with Crippen LogP contribution in [-0.4, -0.2) is 200 Å². The summed E-state index contributed by atoms with van der Waals surface area (Å²) in [6.45, 7) is 9.96. The number of aryl methyl sites for hydroxylation is 1. The molecular weight excluding hydrogens is 1360 g/mol. The zero-order chi connectivity index (χ0) is 74.3. The summed E-state index contributed by atoms with van der Waals surface area (Å²) in [7, 11) is 1.48. The summed E-state index contributed by atoms with van der Waals surface area (Å²) in [5.74, 6) is -2.71. The zero-order valence-electron chi connectivity index (χ0n) is 58.1. The van der Waals surface area contributed by atoms with E-state index in [1.807, 2.05) is 39.0 Å². The molecule has 2 aromatic heterocycles. The van der Waals surface area contributed by atoms with Gasteiger partial charge in [-0.05, 0) is 116 Å². The van der Waals surface area contributed by atoms with Gasteiger partial charge in [-0.3, -0.25) is 33.7 Å². The smallest absolute Gasteiger partial charge is 0.415 e. The molecule has 103 heavy (non-hydrogen) atoms. The van der Waals surface area contributed by atoms with Crippen LogP contribution in [0.1, 0.15) is 96.8 Å². The van der Waals surface area contributed by atoms with E-state index >= 15 is 0 Å². The molecule has 8 rings (SSSR count). The second-order valence-corrected chi connectivity index (χ2v) is 25.1. The normalized spacial score (nSPS) is 14.0. The Morgan fingerprint density at radius 3 is 2.18 bits per heavy atom. The molecule has 1 unspecified atom stereocenters. The fourth-order valence-corrected chi connectivity index (χ4v) is 11.4. The van der Waals surface area contributed by atoms with Crippen molar-refractivity contribution in [2.45, 2.75) is 91.0 Å². The van der Waals surface area contributed by atoms with E-state index < -0.39 is 83.8 Å². The van der Waals surface area contributed by atoms with Crippen LogP contribution in [0, 0.1) is 12.8 Å². The lowest BCUT2D eigenvalue weighted by molar-refractivity contribution is -0.137. The predicted molar refractivity (Wildman–Crippen MR) is 382 cm³/mol. The molecular formula is C71H87ClN14O17. The third kappa shape index (κ3) is 22.0. The Balaban J connectivity index is 0.871. The number of fused-ring (bicyclic) bond motifs is 4. The average Bonchev–Trinajstić information content (AvgIpc) is 1.62. The number of nitrogens with two attached hydrogens (primary N) is 2. The van der Waals surface area contributed by atoms with Crippen molar-refractivity contribution in [1.29, 1.82) is 0 Å². The van der Waals surface area contributed by atoms with Gasteiger partial charge >= 0.3 is 30.3 Å². The van der Waals surface area contributed by atoms with Gasteiger partial charge in [0.25, 0.3) is 23.6 Å². The molecule has 32 heteroatoms. The van der Waals surface area contributed by atoms with Crippen molar-refractivity contribution in [1.82, 2.24) is 45.9 Å². The van der Waals surface area contributed by atoms with Crippen LogP contribution < -0.4 is 57.7 Å². The van der Waals surface area contributed by atoms with E-state index in [0.717, 1.165) is 40.0 Å². The largest absolute Gasteiger partial charge is 0.491 e. The maximum Gasteiger partial charge on any atom is 0.415 e. The Morgan fingerprint density at radius 2 is 1.50 bits per heavy atom. The molecule has 0 saturated carbocycles. The van der Waals surface area contributed by atoms with Crippen LogP contribution in [0.4, 0.5) is 41.2 Å². The number of hydrogen-bond donors (Lipinski definition) is 9. The lowest BCUT2D eigenvalue weighted by atomic mass is 9.92. The molecule has 4 aromatic carbocycles. The minimum absolute atomic E-state index is 0.00539. The number of aromatic amines is 1. The SMILES string of the molecule is CCC(C)OCCOc1ccc(C(=O)Nc2cc3cc(C(=O)N4C[C@@H](CCl)c5c4cc(OC(=O)N(CCCNC(N)=O)CCN(C)C(=O)OCc4ccc(NC(=O)[C@H](CCCNC(N)=O)NC(=O)[C@@H](NC(=O)OCCOCCN6C(=O)C=CC6=O)C(C)C)cc4)c4cccc(C)c54)[nH]c3cn2)cc1. The number of primary amides is 2. The molecule has 4 atom stereocenters. The fraction of sp³-hybridized carbons (Fsp3) is 0.408. The molecule has 31 nitrogen and oxygen atoms in total. The van der Waals surface area contributed by atoms with Gasteiger partial charge in [-0.15, -0.1) is 11.6 Å². The number of rotatable bonds is 36. The number of urea groups is 2. The van der Waals surface area contributed by atoms with Crippen molar-refractivity contribution >= 4 is 116 Å². The van der Waals surface area contributed by atoms with Crippen LogP contribution in [0.5, 0.6) is 11.5 Å². The maximum atomic E-state index is 14.8. The number of halogens is 1. The number of aromatic nitrogens is 2. The quantitative estimate of drug-likeness (QED) is 0.0107. The third-order valence-electron chi connectivity index (χ3n) is 16.9. The summed E-state index contributed by atoms with van der Waals surface area (Å²) in [6, 6.07) is 19.7. The Labute approximate surface area is 599 Å². The van der Waals surface area contributed by atoms with Crippen LogP contribution in [0.25, 0.3) is 21.7 Å². The summed E-state index contributed by atoms with van der Waals surface area (Å²) >= 11 is 6.69. The minimum Gasteiger partial charge on any atom is -0.491 e. The van der Waals surface area contributed by atoms with Crippen LogP contribution in [0.3, 0.4) is 0 Å². The van der Waals surface area contributed by atoms with Gasteiger partial charge in [0.1, 0.15) is 54.9 Å². The summed E-state index contributed by atoms with van der Waals surface area (Å²) in [5.41, 5.74) is 14.7. The molecule has 2 aliphatic rings. The van der Waals surface area contributed by atoms with E-state index in [9.17, 15) is 52.7 Å². The molecule has 0 spiro atoms. The van der Waals surface area contributed by atoms with E-state index in [1.54, 1.807) is 85.5 Å². The monoisotopic (exact) mass is 1440 g/mol. The molecule has 550 valence electrons. The van der Waals surface area contributed by atoms with Gasteiger partial charge in [-0.25, -0.2) is 29.0 Å². The highest BCUT2D eigenvalue weighted by Gasteiger charge is 2.37. The van der Waals surface area contributed by atoms with E-state index in [4.69, 9.17) is 51.5 Å². The molecule has 0 saturated heterocycles. The fourth-order valence-electron chi connectivity index (χ4n) is 11.2. The van der Waals surface area contributed by atoms with Crippen LogP contribution >= 0.6 is 11.6 Å². The Hall–Kier alpha value is -11.1. The van der Waals surface area contributed by atoms with Crippen LogP contribution in [0.2, 0.25) is 0 Å². The zero-order valence-corrected chi connectivity index (χ0v) is 58.9. The number of anilines is 3. The number of H-pyrrole nitrogens is 1. The molecule has 0 fully saturated rings. The first-order valence-electron chi connectivity index (χ1n) is 33.7. The van der Waals surface area contributed by atoms with Crippen molar-refractivity contribution in [2.24, 2.45) is 17.4 Å². The number of nitrogens with one attached hydrogen (secondary N) is 7. The van der Waals surface area contributed by atoms with Gasteiger partial charge in [0.2, 0.25) is 11.8 Å². The summed E-state index contributed by atoms with van der Waals surface area (Å²) in [5, 5.41) is 17.7. The number of carbonyl (C=O) groups excluding carboxylic acids is 11. The first-order valence-corrected chi connectivity index (χ1v) is 34.2. The number of amides is 13. The van der Waals surface area contributed by atoms with E-state index in [2.05, 4.69) is 41.9 Å². The second-order valence-electron chi connectivity index (χ2n) is 24.8. The molecule has 2 aliphatic heterocycles. The van der Waals surface area contributed by atoms with Gasteiger partial charge in [-0.2, -0.15) is 0 Å². The number of benzene rings is 4. The first kappa shape index (κ1) is 77.7. The number of nitrogens with zero attached hydrogens (tertiary/aromatic N) is 5. The van der Waals surface area contributed by atoms with Crippen LogP contribution in [-0.2, 0) is 44.7 Å². The van der Waals surface area contributed by atoms with Gasteiger partial charge in [0.15, 0.2) is 0 Å². The number of likely N-dealkylation sites (N-methyl/N-ethyl adjacent to an activating group) is 1. The highest BCUT2D eigenvalue weighted by atomic mass is 35.5. The molecule has 0 aliphatic carbocycles. The van der Waals surface area contributed by atoms with Gasteiger partial charge in [0.05, 0.1) is 49.9 Å². The molecule has 6 aromatic rings. The molecule has 13 amide bonds. The summed E-state index contributed by atoms with van der Waals surface area (Å²) in [6.07, 6.45) is 2.86. The average molecular weight is 1440 g/mol. The number of alkyl carbamates (subject to hydrolysis) is 1. The molecule has 0 bridgehead atoms. The van der Waals surface area contributed by atoms with Crippen molar-refractivity contribution in [3.05, 3.63) is 131 Å². The van der Waals surface area contributed by atoms with E-state index in [1.165, 1.54) is 23.0 Å². The van der Waals surface area contributed by atoms with Crippen molar-refractivity contribution < 1.29 is 81.2 Å². The highest BCUT2D eigenvalue weighted by Crippen LogP contribution is 2.47. The Kier molecular flexibility index (Phi) is 28.3. The third-order valence-corrected chi connectivity index (χ3v) is 17.3. The standard InChI is InChI=1S/C71H87ClN14O17/c1-7-44(5)99-33-34-100-50-20-16-46(17-21-50)63(89)81-57-36-47-35-53(79-54(47)39-77-57)66(92)86-40-48(38-72)61-55(86)37-56(51-12-8-11-43(4)60(51)61)103-71(97)84(26-10-25-76-68(74)94)28-27-83(6)70(96)102-41-45-14-18-49(19-15-45)78-64(90)52(13-9-24-75-67(73)93)80-65(91)62(42(2)3)82-69(95)101-32-31-98-30-29-85-58(87)22-23-59(85)88/h8,11-12,14-23,35-37,39,42,44,48,52,62,79H,7,9-10,13,24-34,38,40-41H2,1-6H3,(H,78,90)(H,80,91)(H,82,95)(H3,73,75,93)(H3,74,76,94)(H,77,81,89)/t44?,48-,52+,62+/m1/s1. The number of ether oxygens (including phenoxy) is 6. The summed E-state index contributed by atoms with van der Waals surface area (Å²) < 4.78 is 33.9. The maximum absolute atomic E-state index is 14.8. The van der Waals surface area contributed by atoms with Crippen molar-refractivity contribution in [2.75, 3.05) is 107 Å².